The molecule has 1 amide bonds. The highest BCUT2D eigenvalue weighted by Gasteiger charge is 2.19. The number of hydrogen-bond acceptors (Lipinski definition) is 4. The van der Waals surface area contributed by atoms with Gasteiger partial charge in [0.2, 0.25) is 5.91 Å². The van der Waals surface area contributed by atoms with E-state index in [4.69, 9.17) is 0 Å². The van der Waals surface area contributed by atoms with E-state index in [1.807, 2.05) is 30.3 Å². The van der Waals surface area contributed by atoms with Crippen LogP contribution >= 0.6 is 0 Å². The largest absolute Gasteiger partial charge is 0.467 e. The minimum Gasteiger partial charge on any atom is -0.467 e. The van der Waals surface area contributed by atoms with E-state index in [1.165, 1.54) is 7.11 Å². The average Bonchev–Trinajstić information content (AvgIpc) is 2.44. The van der Waals surface area contributed by atoms with Crippen LogP contribution in [0.15, 0.2) is 30.3 Å². The quantitative estimate of drug-likeness (QED) is 0.747. The number of methoxy groups -OCH3 is 1. The first-order valence-electron chi connectivity index (χ1n) is 6.20. The summed E-state index contributed by atoms with van der Waals surface area (Å²) in [6.45, 7) is 3.94. The third-order valence-electron chi connectivity index (χ3n) is 2.76. The molecule has 0 aliphatic rings. The highest BCUT2D eigenvalue weighted by molar-refractivity contribution is 5.86. The SMILES string of the molecule is COC(=O)[C@@H](C)NC(=O)[C@H](C)NCc1ccccc1. The number of hydrogen-bond donors (Lipinski definition) is 2. The van der Waals surface area contributed by atoms with Crippen molar-refractivity contribution in [1.82, 2.24) is 10.6 Å². The normalized spacial score (nSPS) is 13.4. The smallest absolute Gasteiger partial charge is 0.328 e. The highest BCUT2D eigenvalue weighted by Crippen LogP contribution is 1.98. The van der Waals surface area contributed by atoms with Crippen LogP contribution in [-0.4, -0.2) is 31.1 Å². The van der Waals surface area contributed by atoms with Crippen molar-refractivity contribution in [2.24, 2.45) is 0 Å². The van der Waals surface area contributed by atoms with E-state index in [0.29, 0.717) is 6.54 Å². The van der Waals surface area contributed by atoms with Crippen LogP contribution in [-0.2, 0) is 20.9 Å². The molecule has 2 atom stereocenters. The molecule has 0 aliphatic heterocycles. The molecule has 2 N–H and O–H groups in total. The van der Waals surface area contributed by atoms with Crippen molar-refractivity contribution in [2.45, 2.75) is 32.5 Å². The van der Waals surface area contributed by atoms with E-state index >= 15 is 0 Å². The molecule has 5 heteroatoms. The molecule has 0 saturated heterocycles. The zero-order valence-electron chi connectivity index (χ0n) is 11.5. The Morgan fingerprint density at radius 2 is 1.79 bits per heavy atom. The minimum atomic E-state index is -0.640. The van der Waals surface area contributed by atoms with Crippen molar-refractivity contribution in [3.05, 3.63) is 35.9 Å². The van der Waals surface area contributed by atoms with Crippen LogP contribution < -0.4 is 10.6 Å². The van der Waals surface area contributed by atoms with Crippen molar-refractivity contribution in [1.29, 1.82) is 0 Å². The Bertz CT molecular complexity index is 420. The Labute approximate surface area is 113 Å². The number of rotatable bonds is 6. The van der Waals surface area contributed by atoms with Gasteiger partial charge >= 0.3 is 5.97 Å². The van der Waals surface area contributed by atoms with Gasteiger partial charge in [0.05, 0.1) is 13.2 Å². The molecule has 0 fully saturated rings. The summed E-state index contributed by atoms with van der Waals surface area (Å²) in [6, 6.07) is 8.77. The summed E-state index contributed by atoms with van der Waals surface area (Å²) in [5, 5.41) is 5.69. The molecule has 1 rings (SSSR count). The Morgan fingerprint density at radius 1 is 1.16 bits per heavy atom. The third kappa shape index (κ3) is 5.09. The van der Waals surface area contributed by atoms with Crippen LogP contribution in [0, 0.1) is 0 Å². The molecule has 0 aliphatic carbocycles. The third-order valence-corrected chi connectivity index (χ3v) is 2.76. The molecular formula is C14H20N2O3. The van der Waals surface area contributed by atoms with Crippen molar-refractivity contribution < 1.29 is 14.3 Å². The van der Waals surface area contributed by atoms with Gasteiger partial charge in [0.25, 0.3) is 0 Å². The lowest BCUT2D eigenvalue weighted by molar-refractivity contribution is -0.144. The molecule has 0 bridgehead atoms. The van der Waals surface area contributed by atoms with Gasteiger partial charge in [-0.1, -0.05) is 30.3 Å². The Kier molecular flexibility index (Phi) is 6.02. The molecule has 0 aromatic heterocycles. The zero-order chi connectivity index (χ0) is 14.3. The molecule has 104 valence electrons. The maximum atomic E-state index is 11.8. The van der Waals surface area contributed by atoms with E-state index in [0.717, 1.165) is 5.56 Å². The second-order valence-electron chi connectivity index (χ2n) is 4.34. The standard InChI is InChI=1S/C14H20N2O3/c1-10(13(17)16-11(2)14(18)19-3)15-9-12-7-5-4-6-8-12/h4-8,10-11,15H,9H2,1-3H3,(H,16,17)/t10-,11+/m0/s1. The maximum Gasteiger partial charge on any atom is 0.328 e. The average molecular weight is 264 g/mol. The summed E-state index contributed by atoms with van der Waals surface area (Å²) in [6.07, 6.45) is 0. The highest BCUT2D eigenvalue weighted by atomic mass is 16.5. The van der Waals surface area contributed by atoms with Gasteiger partial charge in [-0.15, -0.1) is 0 Å². The number of carbonyl (C=O) groups excluding carboxylic acids is 2. The van der Waals surface area contributed by atoms with Crippen molar-refractivity contribution in [3.8, 4) is 0 Å². The van der Waals surface area contributed by atoms with Crippen molar-refractivity contribution in [3.63, 3.8) is 0 Å². The van der Waals surface area contributed by atoms with Crippen molar-refractivity contribution >= 4 is 11.9 Å². The zero-order valence-corrected chi connectivity index (χ0v) is 11.5. The summed E-state index contributed by atoms with van der Waals surface area (Å²) in [7, 11) is 1.29. The van der Waals surface area contributed by atoms with Gasteiger partial charge < -0.3 is 15.4 Å². The molecule has 1 aromatic carbocycles. The second kappa shape index (κ2) is 7.53. The van der Waals surface area contributed by atoms with Crippen LogP contribution in [0.4, 0.5) is 0 Å². The fraction of sp³-hybridized carbons (Fsp3) is 0.429. The Hall–Kier alpha value is -1.88. The van der Waals surface area contributed by atoms with E-state index in [2.05, 4.69) is 15.4 Å². The topological polar surface area (TPSA) is 67.4 Å². The van der Waals surface area contributed by atoms with E-state index < -0.39 is 12.0 Å². The molecule has 0 unspecified atom stereocenters. The number of nitrogens with one attached hydrogen (secondary N) is 2. The fourth-order valence-electron chi connectivity index (χ4n) is 1.53. The molecule has 19 heavy (non-hydrogen) atoms. The predicted octanol–water partition coefficient (Wildman–Crippen LogP) is 0.842. The van der Waals surface area contributed by atoms with Crippen molar-refractivity contribution in [2.75, 3.05) is 7.11 Å². The van der Waals surface area contributed by atoms with Crippen LogP contribution in [0.5, 0.6) is 0 Å². The Balaban J connectivity index is 2.39. The summed E-state index contributed by atoms with van der Waals surface area (Å²) >= 11 is 0. The lowest BCUT2D eigenvalue weighted by Crippen LogP contribution is -2.47. The minimum absolute atomic E-state index is 0.228. The van der Waals surface area contributed by atoms with E-state index in [-0.39, 0.29) is 11.9 Å². The molecular weight excluding hydrogens is 244 g/mol. The molecule has 0 radical (unpaired) electrons. The lowest BCUT2D eigenvalue weighted by atomic mass is 10.2. The first kappa shape index (κ1) is 15.2. The predicted molar refractivity (Wildman–Crippen MR) is 72.4 cm³/mol. The molecule has 0 spiro atoms. The molecule has 0 heterocycles. The number of benzene rings is 1. The van der Waals surface area contributed by atoms with Crippen LogP contribution in [0.3, 0.4) is 0 Å². The van der Waals surface area contributed by atoms with Crippen LogP contribution in [0.2, 0.25) is 0 Å². The fourth-order valence-corrected chi connectivity index (χ4v) is 1.53. The number of ether oxygens (including phenoxy) is 1. The first-order chi connectivity index (χ1) is 9.04. The van der Waals surface area contributed by atoms with Gasteiger partial charge in [0.15, 0.2) is 0 Å². The van der Waals surface area contributed by atoms with Gasteiger partial charge in [0, 0.05) is 6.54 Å². The number of amides is 1. The van der Waals surface area contributed by atoms with Gasteiger partial charge in [-0.2, -0.15) is 0 Å². The summed E-state index contributed by atoms with van der Waals surface area (Å²) in [4.78, 5) is 23.0. The Morgan fingerprint density at radius 3 is 2.37 bits per heavy atom. The second-order valence-corrected chi connectivity index (χ2v) is 4.34. The summed E-state index contributed by atoms with van der Waals surface area (Å²) in [5.74, 6) is -0.683. The van der Waals surface area contributed by atoms with Gasteiger partial charge in [-0.25, -0.2) is 4.79 Å². The number of carbonyl (C=O) groups is 2. The summed E-state index contributed by atoms with van der Waals surface area (Å²) in [5.41, 5.74) is 1.10. The molecule has 0 saturated carbocycles. The van der Waals surface area contributed by atoms with E-state index in [9.17, 15) is 9.59 Å². The first-order valence-corrected chi connectivity index (χ1v) is 6.20. The lowest BCUT2D eigenvalue weighted by Gasteiger charge is -2.17. The van der Waals surface area contributed by atoms with Gasteiger partial charge in [0.1, 0.15) is 6.04 Å². The van der Waals surface area contributed by atoms with Gasteiger partial charge in [-0.05, 0) is 19.4 Å². The monoisotopic (exact) mass is 264 g/mol. The van der Waals surface area contributed by atoms with Gasteiger partial charge in [-0.3, -0.25) is 4.79 Å². The molecule has 5 nitrogen and oxygen atoms in total. The van der Waals surface area contributed by atoms with E-state index in [1.54, 1.807) is 13.8 Å². The summed E-state index contributed by atoms with van der Waals surface area (Å²) < 4.78 is 4.55. The number of esters is 1. The molecule has 1 aromatic rings. The van der Waals surface area contributed by atoms with Crippen LogP contribution in [0.1, 0.15) is 19.4 Å². The maximum absolute atomic E-state index is 11.8. The van der Waals surface area contributed by atoms with Crippen LogP contribution in [0.25, 0.3) is 0 Å².